The number of ether oxygens (including phenoxy) is 1. The Bertz CT molecular complexity index is 1070. The fraction of sp³-hybridized carbons (Fsp3) is 0.238. The number of aromatic hydroxyl groups is 1. The summed E-state index contributed by atoms with van der Waals surface area (Å²) in [5.74, 6) is 0.0597. The van der Waals surface area contributed by atoms with E-state index in [1.54, 1.807) is 35.9 Å². The summed E-state index contributed by atoms with van der Waals surface area (Å²) in [6, 6.07) is 14.6. The van der Waals surface area contributed by atoms with E-state index < -0.39 is 5.91 Å². The Morgan fingerprint density at radius 1 is 1.17 bits per heavy atom. The first kappa shape index (κ1) is 21.0. The van der Waals surface area contributed by atoms with Crippen LogP contribution in [0.2, 0.25) is 0 Å². The molecule has 0 spiro atoms. The molecule has 1 amide bonds. The third-order valence-electron chi connectivity index (χ3n) is 4.18. The number of carbonyl (C=O) groups is 1. The lowest BCUT2D eigenvalue weighted by Crippen LogP contribution is -2.16. The summed E-state index contributed by atoms with van der Waals surface area (Å²) in [4.78, 5) is 18.9. The molecule has 2 aromatic carbocycles. The minimum Gasteiger partial charge on any atom is -0.497 e. The summed E-state index contributed by atoms with van der Waals surface area (Å²) in [7, 11) is 5.37. The Hall–Kier alpha value is -3.72. The van der Waals surface area contributed by atoms with Crippen molar-refractivity contribution >= 4 is 28.7 Å². The Kier molecular flexibility index (Phi) is 6.76. The highest BCUT2D eigenvalue weighted by molar-refractivity contribution is 5.95. The summed E-state index contributed by atoms with van der Waals surface area (Å²) in [6.45, 7) is 0.0895. The number of benzene rings is 2. The highest BCUT2D eigenvalue weighted by atomic mass is 16.6. The van der Waals surface area contributed by atoms with Crippen LogP contribution in [0.5, 0.6) is 11.6 Å². The van der Waals surface area contributed by atoms with Gasteiger partial charge < -0.3 is 14.7 Å². The van der Waals surface area contributed by atoms with E-state index in [9.17, 15) is 9.90 Å². The summed E-state index contributed by atoms with van der Waals surface area (Å²) in [5, 5.41) is 22.6. The van der Waals surface area contributed by atoms with Gasteiger partial charge in [0.15, 0.2) is 12.3 Å². The maximum absolute atomic E-state index is 12.0. The van der Waals surface area contributed by atoms with Crippen LogP contribution in [0.1, 0.15) is 5.56 Å². The molecule has 9 nitrogen and oxygen atoms in total. The molecule has 0 aliphatic heterocycles. The molecule has 1 aromatic heterocycles. The van der Waals surface area contributed by atoms with Gasteiger partial charge in [-0.25, -0.2) is 0 Å². The number of para-hydroxylation sites is 1. The number of amides is 1. The van der Waals surface area contributed by atoms with Crippen LogP contribution in [0.4, 0.5) is 5.69 Å². The van der Waals surface area contributed by atoms with E-state index >= 15 is 0 Å². The first-order valence-corrected chi connectivity index (χ1v) is 9.18. The SMILES string of the molecule is COc1ccc(C=NOCC(=O)N=Nc2c(O)n(CN(C)C)c3ccccc23)cc1. The van der Waals surface area contributed by atoms with Crippen molar-refractivity contribution in [1.29, 1.82) is 0 Å². The fourth-order valence-corrected chi connectivity index (χ4v) is 2.81. The molecule has 0 atom stereocenters. The lowest BCUT2D eigenvalue weighted by Gasteiger charge is -2.12. The summed E-state index contributed by atoms with van der Waals surface area (Å²) < 4.78 is 6.78. The van der Waals surface area contributed by atoms with Gasteiger partial charge in [-0.15, -0.1) is 10.2 Å². The lowest BCUT2D eigenvalue weighted by atomic mass is 10.2. The van der Waals surface area contributed by atoms with Crippen molar-refractivity contribution in [2.45, 2.75) is 6.67 Å². The number of methoxy groups -OCH3 is 1. The fourth-order valence-electron chi connectivity index (χ4n) is 2.81. The van der Waals surface area contributed by atoms with E-state index in [1.807, 2.05) is 43.3 Å². The van der Waals surface area contributed by atoms with Gasteiger partial charge in [-0.05, 0) is 50.0 Å². The van der Waals surface area contributed by atoms with E-state index in [1.165, 1.54) is 6.21 Å². The van der Waals surface area contributed by atoms with Gasteiger partial charge in [-0.1, -0.05) is 23.4 Å². The van der Waals surface area contributed by atoms with E-state index in [4.69, 9.17) is 9.57 Å². The van der Waals surface area contributed by atoms with Crippen molar-refractivity contribution in [1.82, 2.24) is 9.47 Å². The van der Waals surface area contributed by atoms with Gasteiger partial charge in [0, 0.05) is 5.39 Å². The third-order valence-corrected chi connectivity index (χ3v) is 4.18. The first-order valence-electron chi connectivity index (χ1n) is 9.18. The molecule has 3 rings (SSSR count). The third kappa shape index (κ3) is 5.00. The van der Waals surface area contributed by atoms with E-state index in [0.717, 1.165) is 16.8 Å². The van der Waals surface area contributed by atoms with Gasteiger partial charge in [0.1, 0.15) is 5.75 Å². The summed E-state index contributed by atoms with van der Waals surface area (Å²) >= 11 is 0. The van der Waals surface area contributed by atoms with Crippen LogP contribution >= 0.6 is 0 Å². The maximum atomic E-state index is 12.0. The van der Waals surface area contributed by atoms with Crippen LogP contribution in [0.3, 0.4) is 0 Å². The predicted molar refractivity (Wildman–Crippen MR) is 113 cm³/mol. The van der Waals surface area contributed by atoms with Gasteiger partial charge in [-0.3, -0.25) is 14.3 Å². The van der Waals surface area contributed by atoms with Crippen LogP contribution in [-0.2, 0) is 16.3 Å². The number of hydrogen-bond donors (Lipinski definition) is 1. The number of oxime groups is 1. The van der Waals surface area contributed by atoms with Gasteiger partial charge in [-0.2, -0.15) is 0 Å². The van der Waals surface area contributed by atoms with Gasteiger partial charge >= 0.3 is 5.91 Å². The first-order chi connectivity index (χ1) is 14.5. The van der Waals surface area contributed by atoms with Crippen LogP contribution < -0.4 is 4.74 Å². The van der Waals surface area contributed by atoms with Crippen LogP contribution in [0.25, 0.3) is 10.9 Å². The number of hydrogen-bond acceptors (Lipinski definition) is 7. The molecule has 1 heterocycles. The Morgan fingerprint density at radius 2 is 1.90 bits per heavy atom. The zero-order valence-corrected chi connectivity index (χ0v) is 17.0. The van der Waals surface area contributed by atoms with Crippen molar-refractivity contribution in [3.8, 4) is 11.6 Å². The predicted octanol–water partition coefficient (Wildman–Crippen LogP) is 3.54. The molecule has 0 aliphatic carbocycles. The number of fused-ring (bicyclic) bond motifs is 1. The van der Waals surface area contributed by atoms with Gasteiger partial charge in [0.05, 0.1) is 25.5 Å². The Morgan fingerprint density at radius 3 is 2.60 bits per heavy atom. The molecule has 156 valence electrons. The second-order valence-corrected chi connectivity index (χ2v) is 6.71. The largest absolute Gasteiger partial charge is 0.497 e. The molecular weight excluding hydrogens is 386 g/mol. The molecule has 0 aliphatic rings. The number of aromatic nitrogens is 1. The number of nitrogens with zero attached hydrogens (tertiary/aromatic N) is 5. The van der Waals surface area contributed by atoms with Gasteiger partial charge in [0.25, 0.3) is 0 Å². The Balaban J connectivity index is 1.65. The highest BCUT2D eigenvalue weighted by Gasteiger charge is 2.17. The standard InChI is InChI=1S/C21H23N5O4/c1-25(2)14-26-18-7-5-4-6-17(18)20(21(26)28)24-23-19(27)13-30-22-12-15-8-10-16(29-3)11-9-15/h4-12,28H,13-14H2,1-3H3. The van der Waals surface area contributed by atoms with E-state index in [-0.39, 0.29) is 18.2 Å². The minimum atomic E-state index is -0.620. The van der Waals surface area contributed by atoms with Crippen molar-refractivity contribution in [3.63, 3.8) is 0 Å². The average molecular weight is 409 g/mol. The van der Waals surface area contributed by atoms with Crippen molar-refractivity contribution in [2.75, 3.05) is 27.8 Å². The van der Waals surface area contributed by atoms with Crippen LogP contribution in [0, 0.1) is 0 Å². The Labute approximate surface area is 173 Å². The molecule has 0 fully saturated rings. The molecule has 0 saturated carbocycles. The molecule has 0 saturated heterocycles. The maximum Gasteiger partial charge on any atom is 0.304 e. The van der Waals surface area contributed by atoms with E-state index in [0.29, 0.717) is 12.1 Å². The second-order valence-electron chi connectivity index (χ2n) is 6.71. The monoisotopic (exact) mass is 409 g/mol. The van der Waals surface area contributed by atoms with E-state index in [2.05, 4.69) is 15.4 Å². The zero-order valence-electron chi connectivity index (χ0n) is 17.0. The van der Waals surface area contributed by atoms with Crippen LogP contribution in [-0.4, -0.2) is 54.5 Å². The topological polar surface area (TPSA) is 101 Å². The quantitative estimate of drug-likeness (QED) is 0.348. The van der Waals surface area contributed by atoms with Crippen molar-refractivity contribution in [2.24, 2.45) is 15.4 Å². The molecule has 30 heavy (non-hydrogen) atoms. The number of carbonyl (C=O) groups excluding carboxylic acids is 1. The zero-order chi connectivity index (χ0) is 21.5. The molecule has 0 radical (unpaired) electrons. The molecule has 0 unspecified atom stereocenters. The number of rotatable bonds is 8. The molecule has 1 N–H and O–H groups in total. The normalized spacial score (nSPS) is 11.7. The minimum absolute atomic E-state index is 0.0557. The van der Waals surface area contributed by atoms with Crippen molar-refractivity contribution < 1.29 is 19.5 Å². The smallest absolute Gasteiger partial charge is 0.304 e. The highest BCUT2D eigenvalue weighted by Crippen LogP contribution is 2.38. The van der Waals surface area contributed by atoms with Crippen LogP contribution in [0.15, 0.2) is 63.9 Å². The molecule has 0 bridgehead atoms. The summed E-state index contributed by atoms with van der Waals surface area (Å²) in [6.07, 6.45) is 1.48. The molecular formula is C21H23N5O4. The van der Waals surface area contributed by atoms with Gasteiger partial charge in [0.2, 0.25) is 5.88 Å². The summed E-state index contributed by atoms with van der Waals surface area (Å²) in [5.41, 5.74) is 1.83. The number of azo groups is 1. The lowest BCUT2D eigenvalue weighted by molar-refractivity contribution is -0.122. The second kappa shape index (κ2) is 9.66. The van der Waals surface area contributed by atoms with Crippen molar-refractivity contribution in [3.05, 3.63) is 54.1 Å². The molecule has 9 heteroatoms. The average Bonchev–Trinajstić information content (AvgIpc) is 3.01. The molecule has 3 aromatic rings.